The molecular weight excluding hydrogens is 334 g/mol. The highest BCUT2D eigenvalue weighted by molar-refractivity contribution is 6.49. The minimum atomic E-state index is -0.855. The Morgan fingerprint density at radius 3 is 2.31 bits per heavy atom. The van der Waals surface area contributed by atoms with Crippen molar-refractivity contribution in [3.05, 3.63) is 71.4 Å². The first-order valence-corrected chi connectivity index (χ1v) is 11.4. The Labute approximate surface area is 158 Å². The summed E-state index contributed by atoms with van der Waals surface area (Å²) in [4.78, 5) is 4.80. The molecule has 26 heavy (non-hydrogen) atoms. The number of hydrogen-bond donors (Lipinski definition) is 0. The standard InChI is InChI=1S/C23H26NOSi/c1-23(2,3)19-13-12-18-15-22(25-26(4)5)24-21(20(18)16-19)14-11-17-9-7-6-8-10-17/h6-16H,1-5H3. The molecule has 0 amide bonds. The number of nitrogens with zero attached hydrogens (tertiary/aromatic N) is 1. The first-order chi connectivity index (χ1) is 12.3. The first kappa shape index (κ1) is 18.4. The molecule has 1 aromatic heterocycles. The van der Waals surface area contributed by atoms with Crippen LogP contribution in [0.3, 0.4) is 0 Å². The fourth-order valence-electron chi connectivity index (χ4n) is 2.84. The Hall–Kier alpha value is -2.39. The first-order valence-electron chi connectivity index (χ1n) is 8.99. The summed E-state index contributed by atoms with van der Waals surface area (Å²) in [5.41, 5.74) is 3.53. The number of aromatic nitrogens is 1. The van der Waals surface area contributed by atoms with E-state index in [1.807, 2.05) is 18.2 Å². The van der Waals surface area contributed by atoms with Crippen molar-refractivity contribution in [3.8, 4) is 5.88 Å². The van der Waals surface area contributed by atoms with Gasteiger partial charge in [-0.15, -0.1) is 0 Å². The van der Waals surface area contributed by atoms with E-state index in [4.69, 9.17) is 9.41 Å². The molecule has 2 nitrogen and oxygen atoms in total. The lowest BCUT2D eigenvalue weighted by Gasteiger charge is -2.20. The summed E-state index contributed by atoms with van der Waals surface area (Å²) in [5, 5.41) is 2.33. The quantitative estimate of drug-likeness (QED) is 0.507. The van der Waals surface area contributed by atoms with E-state index in [9.17, 15) is 0 Å². The van der Waals surface area contributed by atoms with Gasteiger partial charge in [-0.25, -0.2) is 4.98 Å². The van der Waals surface area contributed by atoms with Gasteiger partial charge in [-0.2, -0.15) is 0 Å². The van der Waals surface area contributed by atoms with E-state index in [1.54, 1.807) is 0 Å². The molecule has 0 unspecified atom stereocenters. The maximum Gasteiger partial charge on any atom is 0.276 e. The van der Waals surface area contributed by atoms with E-state index >= 15 is 0 Å². The summed E-state index contributed by atoms with van der Waals surface area (Å²) < 4.78 is 5.97. The van der Waals surface area contributed by atoms with Crippen LogP contribution in [0.5, 0.6) is 5.88 Å². The van der Waals surface area contributed by atoms with Crippen molar-refractivity contribution in [2.75, 3.05) is 0 Å². The lowest BCUT2D eigenvalue weighted by atomic mass is 9.86. The molecule has 3 rings (SSSR count). The van der Waals surface area contributed by atoms with E-state index in [0.717, 1.165) is 16.6 Å². The fraction of sp³-hybridized carbons (Fsp3) is 0.261. The van der Waals surface area contributed by atoms with Gasteiger partial charge >= 0.3 is 0 Å². The van der Waals surface area contributed by atoms with Crippen LogP contribution in [0.4, 0.5) is 0 Å². The summed E-state index contributed by atoms with van der Waals surface area (Å²) in [6.45, 7) is 11.0. The van der Waals surface area contributed by atoms with Crippen LogP contribution in [0.15, 0.2) is 54.6 Å². The average molecular weight is 361 g/mol. The molecule has 0 spiro atoms. The van der Waals surface area contributed by atoms with Crippen LogP contribution in [0, 0.1) is 0 Å². The van der Waals surface area contributed by atoms with Crippen LogP contribution < -0.4 is 4.43 Å². The summed E-state index contributed by atoms with van der Waals surface area (Å²) in [6, 6.07) is 19.0. The summed E-state index contributed by atoms with van der Waals surface area (Å²) in [7, 11) is -0.855. The molecule has 133 valence electrons. The second-order valence-electron chi connectivity index (χ2n) is 7.79. The molecule has 0 atom stereocenters. The average Bonchev–Trinajstić information content (AvgIpc) is 2.59. The van der Waals surface area contributed by atoms with Gasteiger partial charge in [0.2, 0.25) is 5.88 Å². The van der Waals surface area contributed by atoms with Crippen molar-refractivity contribution in [1.29, 1.82) is 0 Å². The third kappa shape index (κ3) is 4.41. The van der Waals surface area contributed by atoms with Crippen LogP contribution in [0.25, 0.3) is 22.9 Å². The maximum absolute atomic E-state index is 5.97. The summed E-state index contributed by atoms with van der Waals surface area (Å²) in [6.07, 6.45) is 4.20. The zero-order chi connectivity index (χ0) is 18.7. The van der Waals surface area contributed by atoms with Crippen LogP contribution >= 0.6 is 0 Å². The van der Waals surface area contributed by atoms with Gasteiger partial charge in [0.05, 0.1) is 5.69 Å². The molecule has 0 saturated carbocycles. The third-order valence-electron chi connectivity index (χ3n) is 4.25. The van der Waals surface area contributed by atoms with Crippen LogP contribution in [-0.2, 0) is 5.41 Å². The zero-order valence-corrected chi connectivity index (χ0v) is 17.2. The maximum atomic E-state index is 5.97. The number of fused-ring (bicyclic) bond motifs is 1. The van der Waals surface area contributed by atoms with E-state index < -0.39 is 9.04 Å². The molecular formula is C23H26NOSi. The lowest BCUT2D eigenvalue weighted by molar-refractivity contribution is 0.556. The van der Waals surface area contributed by atoms with Gasteiger partial charge in [-0.1, -0.05) is 69.3 Å². The van der Waals surface area contributed by atoms with Gasteiger partial charge in [0.15, 0.2) is 0 Å². The minimum Gasteiger partial charge on any atom is -0.530 e. The molecule has 0 fully saturated rings. The van der Waals surface area contributed by atoms with Crippen molar-refractivity contribution in [1.82, 2.24) is 4.98 Å². The Morgan fingerprint density at radius 1 is 0.923 bits per heavy atom. The monoisotopic (exact) mass is 360 g/mol. The zero-order valence-electron chi connectivity index (χ0n) is 16.2. The molecule has 3 heteroatoms. The van der Waals surface area contributed by atoms with Crippen molar-refractivity contribution in [3.63, 3.8) is 0 Å². The second-order valence-corrected chi connectivity index (χ2v) is 9.81. The van der Waals surface area contributed by atoms with Gasteiger partial charge < -0.3 is 4.43 Å². The van der Waals surface area contributed by atoms with Gasteiger partial charge in [0.1, 0.15) is 0 Å². The molecule has 1 radical (unpaired) electrons. The number of rotatable bonds is 4. The van der Waals surface area contributed by atoms with Gasteiger partial charge in [-0.05, 0) is 47.2 Å². The predicted molar refractivity (Wildman–Crippen MR) is 114 cm³/mol. The van der Waals surface area contributed by atoms with Crippen molar-refractivity contribution < 1.29 is 4.43 Å². The van der Waals surface area contributed by atoms with Crippen molar-refractivity contribution in [2.24, 2.45) is 0 Å². The molecule has 3 aromatic rings. The molecule has 1 heterocycles. The Morgan fingerprint density at radius 2 is 1.65 bits per heavy atom. The number of benzene rings is 2. The van der Waals surface area contributed by atoms with Crippen molar-refractivity contribution >= 4 is 32.0 Å². The van der Waals surface area contributed by atoms with Crippen molar-refractivity contribution in [2.45, 2.75) is 39.3 Å². The summed E-state index contributed by atoms with van der Waals surface area (Å²) >= 11 is 0. The van der Waals surface area contributed by atoms with Gasteiger partial charge in [0.25, 0.3) is 9.04 Å². The molecule has 0 bridgehead atoms. The van der Waals surface area contributed by atoms with Crippen LogP contribution in [0.1, 0.15) is 37.6 Å². The number of hydrogen-bond acceptors (Lipinski definition) is 2. The van der Waals surface area contributed by atoms with Crippen LogP contribution in [-0.4, -0.2) is 14.0 Å². The van der Waals surface area contributed by atoms with Crippen LogP contribution in [0.2, 0.25) is 13.1 Å². The topological polar surface area (TPSA) is 22.1 Å². The molecule has 0 aliphatic rings. The Bertz CT molecular complexity index is 924. The molecule has 0 N–H and O–H groups in total. The normalized spacial score (nSPS) is 12.2. The smallest absolute Gasteiger partial charge is 0.276 e. The van der Waals surface area contributed by atoms with Gasteiger partial charge in [0, 0.05) is 11.5 Å². The Kier molecular flexibility index (Phi) is 5.28. The highest BCUT2D eigenvalue weighted by atomic mass is 28.3. The largest absolute Gasteiger partial charge is 0.530 e. The third-order valence-corrected chi connectivity index (χ3v) is 4.86. The highest BCUT2D eigenvalue weighted by Gasteiger charge is 2.15. The minimum absolute atomic E-state index is 0.104. The lowest BCUT2D eigenvalue weighted by Crippen LogP contribution is -2.13. The Balaban J connectivity index is 2.13. The molecule has 2 aromatic carbocycles. The summed E-state index contributed by atoms with van der Waals surface area (Å²) in [5.74, 6) is 0.715. The molecule has 0 saturated heterocycles. The van der Waals surface area contributed by atoms with E-state index in [-0.39, 0.29) is 5.41 Å². The van der Waals surface area contributed by atoms with E-state index in [1.165, 1.54) is 10.9 Å². The SMILES string of the molecule is C[Si](C)Oc1cc2ccc(C(C)(C)C)cc2c(C=Cc2ccccc2)n1. The predicted octanol–water partition coefficient (Wildman–Crippen LogP) is 6.33. The fourth-order valence-corrected chi connectivity index (χ4v) is 3.37. The highest BCUT2D eigenvalue weighted by Crippen LogP contribution is 2.30. The molecule has 0 aliphatic carbocycles. The van der Waals surface area contributed by atoms with E-state index in [2.05, 4.69) is 82.4 Å². The van der Waals surface area contributed by atoms with Gasteiger partial charge in [-0.3, -0.25) is 0 Å². The second kappa shape index (κ2) is 7.46. The molecule has 0 aliphatic heterocycles. The van der Waals surface area contributed by atoms with E-state index in [0.29, 0.717) is 5.88 Å². The number of pyridine rings is 1.